The van der Waals surface area contributed by atoms with Crippen molar-refractivity contribution in [3.05, 3.63) is 31.9 Å². The van der Waals surface area contributed by atoms with E-state index in [9.17, 15) is 14.9 Å². The zero-order valence-electron chi connectivity index (χ0n) is 10.8. The summed E-state index contributed by atoms with van der Waals surface area (Å²) in [6.45, 7) is 1.69. The molecule has 1 aromatic carbocycles. The van der Waals surface area contributed by atoms with Crippen LogP contribution in [0.3, 0.4) is 0 Å². The van der Waals surface area contributed by atoms with Gasteiger partial charge in [0.25, 0.3) is 5.69 Å². The SMILES string of the molecule is O=C(O)CCC1CCN(c2ccc([N+](=O)[O-])cc2I)C1. The molecule has 1 aliphatic rings. The third-order valence-corrected chi connectivity index (χ3v) is 4.40. The van der Waals surface area contributed by atoms with Crippen LogP contribution in [0.1, 0.15) is 19.3 Å². The molecule has 6 nitrogen and oxygen atoms in total. The number of carboxylic acids is 1. The monoisotopic (exact) mass is 390 g/mol. The zero-order chi connectivity index (χ0) is 14.7. The molecule has 0 bridgehead atoms. The molecule has 2 rings (SSSR count). The average molecular weight is 390 g/mol. The van der Waals surface area contributed by atoms with Gasteiger partial charge in [-0.25, -0.2) is 0 Å². The summed E-state index contributed by atoms with van der Waals surface area (Å²) < 4.78 is 0.857. The smallest absolute Gasteiger partial charge is 0.303 e. The Morgan fingerprint density at radius 1 is 1.55 bits per heavy atom. The Labute approximate surface area is 130 Å². The number of hydrogen-bond donors (Lipinski definition) is 1. The molecule has 0 spiro atoms. The summed E-state index contributed by atoms with van der Waals surface area (Å²) in [4.78, 5) is 23.1. The third-order valence-electron chi connectivity index (χ3n) is 3.54. The van der Waals surface area contributed by atoms with Crippen LogP contribution in [0.15, 0.2) is 18.2 Å². The lowest BCUT2D eigenvalue weighted by atomic mass is 10.0. The molecule has 108 valence electrons. The minimum atomic E-state index is -0.756. The fourth-order valence-electron chi connectivity index (χ4n) is 2.48. The Morgan fingerprint density at radius 2 is 2.30 bits per heavy atom. The van der Waals surface area contributed by atoms with Crippen molar-refractivity contribution < 1.29 is 14.8 Å². The van der Waals surface area contributed by atoms with Gasteiger partial charge in [-0.2, -0.15) is 0 Å². The molecule has 0 saturated carbocycles. The number of carbonyl (C=O) groups is 1. The molecule has 1 N–H and O–H groups in total. The van der Waals surface area contributed by atoms with E-state index in [4.69, 9.17) is 5.11 Å². The number of benzene rings is 1. The van der Waals surface area contributed by atoms with Gasteiger partial charge >= 0.3 is 5.97 Å². The van der Waals surface area contributed by atoms with Crippen LogP contribution in [0.25, 0.3) is 0 Å². The standard InChI is InChI=1S/C13H15IN2O4/c14-11-7-10(16(19)20)2-3-12(11)15-6-5-9(8-15)1-4-13(17)18/h2-3,7,9H,1,4-6,8H2,(H,17,18). The second kappa shape index (κ2) is 6.38. The first kappa shape index (κ1) is 15.0. The third kappa shape index (κ3) is 3.59. The molecule has 1 saturated heterocycles. The van der Waals surface area contributed by atoms with Gasteiger partial charge in [0, 0.05) is 35.2 Å². The first-order valence-electron chi connectivity index (χ1n) is 6.38. The van der Waals surface area contributed by atoms with Crippen molar-refractivity contribution in [2.45, 2.75) is 19.3 Å². The maximum absolute atomic E-state index is 10.7. The van der Waals surface area contributed by atoms with Crippen LogP contribution in [0, 0.1) is 19.6 Å². The molecule has 1 unspecified atom stereocenters. The lowest BCUT2D eigenvalue weighted by molar-refractivity contribution is -0.384. The van der Waals surface area contributed by atoms with E-state index in [0.717, 1.165) is 28.8 Å². The largest absolute Gasteiger partial charge is 0.481 e. The molecule has 1 aliphatic heterocycles. The lowest BCUT2D eigenvalue weighted by Crippen LogP contribution is -2.20. The molecule has 0 aromatic heterocycles. The highest BCUT2D eigenvalue weighted by Gasteiger charge is 2.25. The Bertz CT molecular complexity index is 535. The molecule has 20 heavy (non-hydrogen) atoms. The van der Waals surface area contributed by atoms with Crippen LogP contribution in [0.2, 0.25) is 0 Å². The fourth-order valence-corrected chi connectivity index (χ4v) is 3.32. The Kier molecular flexibility index (Phi) is 4.79. The van der Waals surface area contributed by atoms with Crippen molar-refractivity contribution in [2.75, 3.05) is 18.0 Å². The normalized spacial score (nSPS) is 18.2. The summed E-state index contributed by atoms with van der Waals surface area (Å²) >= 11 is 2.11. The zero-order valence-corrected chi connectivity index (χ0v) is 12.9. The number of nitro groups is 1. The average Bonchev–Trinajstić information content (AvgIpc) is 2.84. The summed E-state index contributed by atoms with van der Waals surface area (Å²) in [6.07, 6.45) is 1.87. The predicted octanol–water partition coefficient (Wildman–Crippen LogP) is 2.89. The number of nitro benzene ring substituents is 1. The van der Waals surface area contributed by atoms with Gasteiger partial charge in [0.1, 0.15) is 0 Å². The molecule has 1 heterocycles. The highest BCUT2D eigenvalue weighted by atomic mass is 127. The Hall–Kier alpha value is -1.38. The predicted molar refractivity (Wildman–Crippen MR) is 83.0 cm³/mol. The number of anilines is 1. The number of aliphatic carboxylic acids is 1. The lowest BCUT2D eigenvalue weighted by Gasteiger charge is -2.20. The number of nitrogens with zero attached hydrogens (tertiary/aromatic N) is 2. The van der Waals surface area contributed by atoms with Crippen LogP contribution >= 0.6 is 22.6 Å². The topological polar surface area (TPSA) is 83.7 Å². The van der Waals surface area contributed by atoms with Gasteiger partial charge in [-0.1, -0.05) is 0 Å². The van der Waals surface area contributed by atoms with Gasteiger partial charge in [0.2, 0.25) is 0 Å². The minimum Gasteiger partial charge on any atom is -0.481 e. The molecular weight excluding hydrogens is 375 g/mol. The summed E-state index contributed by atoms with van der Waals surface area (Å²) in [5, 5.41) is 19.4. The van der Waals surface area contributed by atoms with Gasteiger partial charge < -0.3 is 10.0 Å². The maximum Gasteiger partial charge on any atom is 0.303 e. The Morgan fingerprint density at radius 3 is 2.90 bits per heavy atom. The fraction of sp³-hybridized carbons (Fsp3) is 0.462. The van der Waals surface area contributed by atoms with Gasteiger partial charge in [0.05, 0.1) is 10.6 Å². The van der Waals surface area contributed by atoms with Crippen molar-refractivity contribution in [1.82, 2.24) is 0 Å². The van der Waals surface area contributed by atoms with Crippen molar-refractivity contribution in [1.29, 1.82) is 0 Å². The van der Waals surface area contributed by atoms with Gasteiger partial charge in [0.15, 0.2) is 0 Å². The molecule has 1 fully saturated rings. The molecule has 7 heteroatoms. The van der Waals surface area contributed by atoms with Crippen LogP contribution in [-0.2, 0) is 4.79 Å². The molecule has 0 amide bonds. The van der Waals surface area contributed by atoms with Crippen molar-refractivity contribution in [3.8, 4) is 0 Å². The number of non-ortho nitro benzene ring substituents is 1. The van der Waals surface area contributed by atoms with Gasteiger partial charge in [-0.3, -0.25) is 14.9 Å². The van der Waals surface area contributed by atoms with E-state index in [2.05, 4.69) is 27.5 Å². The van der Waals surface area contributed by atoms with E-state index < -0.39 is 10.9 Å². The van der Waals surface area contributed by atoms with E-state index in [1.54, 1.807) is 12.1 Å². The van der Waals surface area contributed by atoms with E-state index in [1.807, 2.05) is 0 Å². The first-order valence-corrected chi connectivity index (χ1v) is 7.46. The van der Waals surface area contributed by atoms with Crippen LogP contribution in [0.4, 0.5) is 11.4 Å². The van der Waals surface area contributed by atoms with Gasteiger partial charge in [-0.05, 0) is 47.4 Å². The van der Waals surface area contributed by atoms with E-state index in [1.165, 1.54) is 6.07 Å². The molecule has 0 aliphatic carbocycles. The summed E-state index contributed by atoms with van der Waals surface area (Å²) in [5.74, 6) is -0.370. The number of halogens is 1. The second-order valence-corrected chi connectivity index (χ2v) is 6.09. The van der Waals surface area contributed by atoms with Crippen molar-refractivity contribution in [2.24, 2.45) is 5.92 Å². The highest BCUT2D eigenvalue weighted by Crippen LogP contribution is 2.32. The highest BCUT2D eigenvalue weighted by molar-refractivity contribution is 14.1. The number of rotatable bonds is 5. The first-order chi connectivity index (χ1) is 9.47. The molecule has 0 radical (unpaired) electrons. The van der Waals surface area contributed by atoms with Crippen LogP contribution < -0.4 is 4.90 Å². The van der Waals surface area contributed by atoms with E-state index >= 15 is 0 Å². The van der Waals surface area contributed by atoms with E-state index in [0.29, 0.717) is 12.3 Å². The van der Waals surface area contributed by atoms with Crippen LogP contribution in [-0.4, -0.2) is 29.1 Å². The molecule has 1 aromatic rings. The van der Waals surface area contributed by atoms with E-state index in [-0.39, 0.29) is 12.1 Å². The number of carboxylic acid groups (broad SMARTS) is 1. The maximum atomic E-state index is 10.7. The van der Waals surface area contributed by atoms with Crippen molar-refractivity contribution in [3.63, 3.8) is 0 Å². The summed E-state index contributed by atoms with van der Waals surface area (Å²) in [5.41, 5.74) is 1.09. The number of hydrogen-bond acceptors (Lipinski definition) is 4. The van der Waals surface area contributed by atoms with Gasteiger partial charge in [-0.15, -0.1) is 0 Å². The summed E-state index contributed by atoms with van der Waals surface area (Å²) in [6, 6.07) is 4.86. The van der Waals surface area contributed by atoms with Crippen molar-refractivity contribution >= 4 is 39.9 Å². The second-order valence-electron chi connectivity index (χ2n) is 4.93. The minimum absolute atomic E-state index is 0.0970. The molecule has 1 atom stereocenters. The summed E-state index contributed by atoms with van der Waals surface area (Å²) in [7, 11) is 0. The Balaban J connectivity index is 2.03. The molecular formula is C13H15IN2O4. The van der Waals surface area contributed by atoms with Crippen LogP contribution in [0.5, 0.6) is 0 Å². The quantitative estimate of drug-likeness (QED) is 0.475.